The number of sulfonamides is 1. The van der Waals surface area contributed by atoms with Crippen LogP contribution < -0.4 is 4.74 Å². The standard InChI is InChI=1S/C20H21N3O6S/c1-14-21-13-18(29-14)15-5-6-16(27-2)19(12-15)30(25,26)23-9-7-22(8-10-23)20(24)17-4-3-11-28-17/h3-6,11-13H,7-10H2,1-2H3. The van der Waals surface area contributed by atoms with E-state index in [2.05, 4.69) is 4.98 Å². The van der Waals surface area contributed by atoms with Gasteiger partial charge in [0, 0.05) is 38.7 Å². The molecule has 1 aliphatic heterocycles. The lowest BCUT2D eigenvalue weighted by atomic mass is 10.2. The second-order valence-electron chi connectivity index (χ2n) is 6.78. The van der Waals surface area contributed by atoms with Crippen LogP contribution in [0.5, 0.6) is 5.75 Å². The van der Waals surface area contributed by atoms with Crippen molar-refractivity contribution in [3.05, 3.63) is 54.4 Å². The summed E-state index contributed by atoms with van der Waals surface area (Å²) in [5.74, 6) is 1.19. The van der Waals surface area contributed by atoms with E-state index >= 15 is 0 Å². The van der Waals surface area contributed by atoms with Crippen LogP contribution in [0.3, 0.4) is 0 Å². The van der Waals surface area contributed by atoms with Gasteiger partial charge in [0.15, 0.2) is 17.4 Å². The summed E-state index contributed by atoms with van der Waals surface area (Å²) in [6.45, 7) is 2.59. The molecule has 30 heavy (non-hydrogen) atoms. The fraction of sp³-hybridized carbons (Fsp3) is 0.300. The molecule has 0 radical (unpaired) electrons. The van der Waals surface area contributed by atoms with Gasteiger partial charge in [-0.1, -0.05) is 0 Å². The summed E-state index contributed by atoms with van der Waals surface area (Å²) in [4.78, 5) is 18.1. The third-order valence-electron chi connectivity index (χ3n) is 4.95. The molecule has 3 aromatic rings. The molecule has 0 spiro atoms. The van der Waals surface area contributed by atoms with Crippen molar-refractivity contribution in [2.45, 2.75) is 11.8 Å². The van der Waals surface area contributed by atoms with Crippen molar-refractivity contribution in [2.75, 3.05) is 33.3 Å². The van der Waals surface area contributed by atoms with E-state index in [-0.39, 0.29) is 48.5 Å². The molecule has 9 nitrogen and oxygen atoms in total. The highest BCUT2D eigenvalue weighted by atomic mass is 32.2. The van der Waals surface area contributed by atoms with Gasteiger partial charge >= 0.3 is 0 Å². The van der Waals surface area contributed by atoms with Crippen molar-refractivity contribution in [3.63, 3.8) is 0 Å². The van der Waals surface area contributed by atoms with Gasteiger partial charge in [0.2, 0.25) is 10.0 Å². The van der Waals surface area contributed by atoms with Crippen molar-refractivity contribution >= 4 is 15.9 Å². The minimum atomic E-state index is -3.85. The van der Waals surface area contributed by atoms with E-state index in [9.17, 15) is 13.2 Å². The first-order chi connectivity index (χ1) is 14.4. The van der Waals surface area contributed by atoms with Crippen LogP contribution in [0.25, 0.3) is 11.3 Å². The maximum Gasteiger partial charge on any atom is 0.289 e. The Labute approximate surface area is 173 Å². The normalized spacial score (nSPS) is 15.3. The number of nitrogens with zero attached hydrogens (tertiary/aromatic N) is 3. The average Bonchev–Trinajstić information content (AvgIpc) is 3.45. The van der Waals surface area contributed by atoms with Crippen molar-refractivity contribution in [1.82, 2.24) is 14.2 Å². The zero-order valence-corrected chi connectivity index (χ0v) is 17.4. The quantitative estimate of drug-likeness (QED) is 0.611. The SMILES string of the molecule is COc1ccc(-c2cnc(C)o2)cc1S(=O)(=O)N1CCN(C(=O)c2ccco2)CC1. The molecule has 0 unspecified atom stereocenters. The van der Waals surface area contributed by atoms with Gasteiger partial charge in [0.25, 0.3) is 5.91 Å². The molecule has 0 atom stereocenters. The summed E-state index contributed by atoms with van der Waals surface area (Å²) in [6.07, 6.45) is 2.98. The van der Waals surface area contributed by atoms with E-state index in [0.717, 1.165) is 0 Å². The number of ether oxygens (including phenoxy) is 1. The average molecular weight is 431 g/mol. The van der Waals surface area contributed by atoms with E-state index in [1.165, 1.54) is 23.7 Å². The number of furan rings is 1. The van der Waals surface area contributed by atoms with Gasteiger partial charge in [-0.05, 0) is 30.3 Å². The van der Waals surface area contributed by atoms with Crippen molar-refractivity contribution in [2.24, 2.45) is 0 Å². The number of aryl methyl sites for hydroxylation is 1. The molecule has 1 amide bonds. The Bertz CT molecular complexity index is 1150. The minimum absolute atomic E-state index is 0.0439. The van der Waals surface area contributed by atoms with Crippen molar-refractivity contribution in [1.29, 1.82) is 0 Å². The Kier molecular flexibility index (Phi) is 5.35. The maximum atomic E-state index is 13.3. The number of oxazole rings is 1. The molecule has 1 aromatic carbocycles. The van der Waals surface area contributed by atoms with E-state index in [1.807, 2.05) is 0 Å². The molecule has 2 aromatic heterocycles. The van der Waals surface area contributed by atoms with Gasteiger partial charge in [0.1, 0.15) is 10.6 Å². The van der Waals surface area contributed by atoms with Crippen LogP contribution in [-0.2, 0) is 10.0 Å². The summed E-state index contributed by atoms with van der Waals surface area (Å²) in [5, 5.41) is 0. The zero-order chi connectivity index (χ0) is 21.3. The Morgan fingerprint density at radius 3 is 2.53 bits per heavy atom. The van der Waals surface area contributed by atoms with Crippen LogP contribution in [0.1, 0.15) is 16.4 Å². The second kappa shape index (κ2) is 7.96. The lowest BCUT2D eigenvalue weighted by Gasteiger charge is -2.33. The number of aromatic nitrogens is 1. The monoisotopic (exact) mass is 431 g/mol. The third kappa shape index (κ3) is 3.71. The molecular formula is C20H21N3O6S. The number of amides is 1. The Morgan fingerprint density at radius 1 is 1.17 bits per heavy atom. The molecule has 0 aliphatic carbocycles. The van der Waals surface area contributed by atoms with Gasteiger partial charge < -0.3 is 18.5 Å². The number of carbonyl (C=O) groups excluding carboxylic acids is 1. The van der Waals surface area contributed by atoms with Crippen LogP contribution in [0.4, 0.5) is 0 Å². The molecule has 4 rings (SSSR count). The smallest absolute Gasteiger partial charge is 0.289 e. The number of piperazine rings is 1. The Hall–Kier alpha value is -3.11. The highest BCUT2D eigenvalue weighted by Gasteiger charge is 2.33. The number of hydrogen-bond donors (Lipinski definition) is 0. The van der Waals surface area contributed by atoms with Crippen LogP contribution >= 0.6 is 0 Å². The van der Waals surface area contributed by atoms with Gasteiger partial charge in [-0.2, -0.15) is 4.31 Å². The number of methoxy groups -OCH3 is 1. The highest BCUT2D eigenvalue weighted by Crippen LogP contribution is 2.32. The van der Waals surface area contributed by atoms with Gasteiger partial charge in [0.05, 0.1) is 19.6 Å². The zero-order valence-electron chi connectivity index (χ0n) is 16.6. The number of hydrogen-bond acceptors (Lipinski definition) is 7. The largest absolute Gasteiger partial charge is 0.495 e. The first-order valence-electron chi connectivity index (χ1n) is 9.34. The maximum absolute atomic E-state index is 13.3. The first-order valence-corrected chi connectivity index (χ1v) is 10.8. The lowest BCUT2D eigenvalue weighted by Crippen LogP contribution is -2.50. The summed E-state index contributed by atoms with van der Waals surface area (Å²) >= 11 is 0. The second-order valence-corrected chi connectivity index (χ2v) is 8.69. The fourth-order valence-corrected chi connectivity index (χ4v) is 4.96. The van der Waals surface area contributed by atoms with Gasteiger partial charge in [-0.15, -0.1) is 0 Å². The van der Waals surface area contributed by atoms with Crippen LogP contribution in [0, 0.1) is 6.92 Å². The van der Waals surface area contributed by atoms with E-state index in [0.29, 0.717) is 17.2 Å². The summed E-state index contributed by atoms with van der Waals surface area (Å²) < 4.78 is 44.0. The molecular weight excluding hydrogens is 410 g/mol. The van der Waals surface area contributed by atoms with Crippen molar-refractivity contribution in [3.8, 4) is 17.1 Å². The molecule has 1 saturated heterocycles. The Balaban J connectivity index is 1.57. The molecule has 10 heteroatoms. The molecule has 0 N–H and O–H groups in total. The number of carbonyl (C=O) groups is 1. The van der Waals surface area contributed by atoms with Crippen molar-refractivity contribution < 1.29 is 26.8 Å². The predicted octanol–water partition coefficient (Wildman–Crippen LogP) is 2.40. The predicted molar refractivity (Wildman–Crippen MR) is 107 cm³/mol. The lowest BCUT2D eigenvalue weighted by molar-refractivity contribution is 0.0666. The summed E-state index contributed by atoms with van der Waals surface area (Å²) in [7, 11) is -2.42. The van der Waals surface area contributed by atoms with Crippen LogP contribution in [0.15, 0.2) is 56.5 Å². The fourth-order valence-electron chi connectivity index (χ4n) is 3.35. The molecule has 3 heterocycles. The van der Waals surface area contributed by atoms with Crippen LogP contribution in [-0.4, -0.2) is 61.8 Å². The summed E-state index contributed by atoms with van der Waals surface area (Å²) in [5.41, 5.74) is 0.585. The van der Waals surface area contributed by atoms with E-state index < -0.39 is 10.0 Å². The number of rotatable bonds is 5. The van der Waals surface area contributed by atoms with Gasteiger partial charge in [-0.25, -0.2) is 13.4 Å². The van der Waals surface area contributed by atoms with Crippen LogP contribution in [0.2, 0.25) is 0 Å². The first kappa shape index (κ1) is 20.2. The molecule has 158 valence electrons. The molecule has 0 saturated carbocycles. The van der Waals surface area contributed by atoms with E-state index in [1.54, 1.807) is 42.3 Å². The molecule has 0 bridgehead atoms. The minimum Gasteiger partial charge on any atom is -0.495 e. The molecule has 1 fully saturated rings. The summed E-state index contributed by atoms with van der Waals surface area (Å²) in [6, 6.07) is 8.07. The topological polar surface area (TPSA) is 106 Å². The van der Waals surface area contributed by atoms with Gasteiger partial charge in [-0.3, -0.25) is 4.79 Å². The van der Waals surface area contributed by atoms with E-state index in [4.69, 9.17) is 13.6 Å². The number of benzene rings is 1. The Morgan fingerprint density at radius 2 is 1.93 bits per heavy atom. The molecule has 1 aliphatic rings. The highest BCUT2D eigenvalue weighted by molar-refractivity contribution is 7.89. The third-order valence-corrected chi connectivity index (χ3v) is 6.86.